The highest BCUT2D eigenvalue weighted by atomic mass is 15.3. The van der Waals surface area contributed by atoms with Crippen molar-refractivity contribution in [2.75, 3.05) is 13.1 Å². The molecule has 0 aromatic rings. The molecule has 2 fully saturated rings. The predicted octanol–water partition coefficient (Wildman–Crippen LogP) is 3.66. The quantitative estimate of drug-likeness (QED) is 0.729. The number of rotatable bonds is 1. The molecule has 19 heavy (non-hydrogen) atoms. The Morgan fingerprint density at radius 2 is 1.68 bits per heavy atom. The van der Waals surface area contributed by atoms with E-state index in [9.17, 15) is 0 Å². The van der Waals surface area contributed by atoms with Crippen molar-refractivity contribution in [1.82, 2.24) is 10.2 Å². The van der Waals surface area contributed by atoms with Crippen LogP contribution in [0.2, 0.25) is 0 Å². The molecule has 1 N–H and O–H groups in total. The summed E-state index contributed by atoms with van der Waals surface area (Å²) >= 11 is 0. The van der Waals surface area contributed by atoms with Gasteiger partial charge in [0.25, 0.3) is 0 Å². The number of hydrogen-bond acceptors (Lipinski definition) is 2. The molecule has 1 saturated carbocycles. The van der Waals surface area contributed by atoms with E-state index in [1.807, 2.05) is 0 Å². The first-order valence-corrected chi connectivity index (χ1v) is 8.38. The van der Waals surface area contributed by atoms with Gasteiger partial charge in [-0.1, -0.05) is 47.0 Å². The maximum Gasteiger partial charge on any atom is 0.0244 e. The van der Waals surface area contributed by atoms with Gasteiger partial charge < -0.3 is 5.32 Å². The maximum absolute atomic E-state index is 3.77. The van der Waals surface area contributed by atoms with E-state index in [1.54, 1.807) is 0 Å². The van der Waals surface area contributed by atoms with Crippen LogP contribution >= 0.6 is 0 Å². The lowest BCUT2D eigenvalue weighted by atomic mass is 9.83. The van der Waals surface area contributed by atoms with Crippen LogP contribution in [0.15, 0.2) is 0 Å². The van der Waals surface area contributed by atoms with E-state index in [0.717, 1.165) is 18.5 Å². The molecule has 1 aliphatic carbocycles. The van der Waals surface area contributed by atoms with E-state index in [2.05, 4.69) is 44.8 Å². The van der Waals surface area contributed by atoms with Crippen LogP contribution in [0.5, 0.6) is 0 Å². The molecule has 4 atom stereocenters. The summed E-state index contributed by atoms with van der Waals surface area (Å²) in [5, 5.41) is 3.77. The molecule has 0 spiro atoms. The molecule has 0 aromatic heterocycles. The van der Waals surface area contributed by atoms with Crippen molar-refractivity contribution in [3.8, 4) is 0 Å². The van der Waals surface area contributed by atoms with Gasteiger partial charge in [-0.2, -0.15) is 0 Å². The smallest absolute Gasteiger partial charge is 0.0244 e. The fraction of sp³-hybridized carbons (Fsp3) is 1.00. The van der Waals surface area contributed by atoms with Crippen molar-refractivity contribution in [2.24, 2.45) is 11.3 Å². The zero-order chi connectivity index (χ0) is 14.0. The largest absolute Gasteiger partial charge is 0.311 e. The van der Waals surface area contributed by atoms with Crippen molar-refractivity contribution in [2.45, 2.75) is 84.8 Å². The molecule has 4 unspecified atom stereocenters. The molecule has 2 aliphatic rings. The second kappa shape index (κ2) is 6.13. The van der Waals surface area contributed by atoms with Crippen LogP contribution < -0.4 is 5.32 Å². The van der Waals surface area contributed by atoms with Crippen molar-refractivity contribution in [1.29, 1.82) is 0 Å². The molecular formula is C17H34N2. The van der Waals surface area contributed by atoms with Crippen LogP contribution in [-0.4, -0.2) is 36.1 Å². The van der Waals surface area contributed by atoms with Gasteiger partial charge in [0, 0.05) is 31.2 Å². The number of nitrogens with zero attached hydrogens (tertiary/aromatic N) is 1. The number of piperazine rings is 1. The zero-order valence-corrected chi connectivity index (χ0v) is 13.7. The lowest BCUT2D eigenvalue weighted by Gasteiger charge is -2.48. The summed E-state index contributed by atoms with van der Waals surface area (Å²) in [6, 6.07) is 2.16. The van der Waals surface area contributed by atoms with Crippen molar-refractivity contribution in [3.63, 3.8) is 0 Å². The van der Waals surface area contributed by atoms with Gasteiger partial charge in [0.05, 0.1) is 0 Å². The standard InChI is InChI=1S/C17H34N2/c1-13-9-7-6-8-10-15(13)19-12-16(17(3,4)5)18-11-14(19)2/h13-16,18H,6-12H2,1-5H3. The third-order valence-corrected chi connectivity index (χ3v) is 5.41. The average Bonchev–Trinajstić information content (AvgIpc) is 2.53. The minimum absolute atomic E-state index is 0.367. The Morgan fingerprint density at radius 1 is 1.00 bits per heavy atom. The first kappa shape index (κ1) is 15.3. The lowest BCUT2D eigenvalue weighted by Crippen LogP contribution is -2.62. The lowest BCUT2D eigenvalue weighted by molar-refractivity contribution is 0.0332. The molecule has 0 aromatic carbocycles. The van der Waals surface area contributed by atoms with Gasteiger partial charge in [-0.05, 0) is 31.1 Å². The van der Waals surface area contributed by atoms with Gasteiger partial charge in [-0.15, -0.1) is 0 Å². The van der Waals surface area contributed by atoms with Gasteiger partial charge in [-0.25, -0.2) is 0 Å². The van der Waals surface area contributed by atoms with Crippen LogP contribution in [0, 0.1) is 11.3 Å². The summed E-state index contributed by atoms with van der Waals surface area (Å²) in [6.07, 6.45) is 7.18. The van der Waals surface area contributed by atoms with Crippen LogP contribution in [0.25, 0.3) is 0 Å². The SMILES string of the molecule is CC1CCCCCC1N1CC(C(C)(C)C)NCC1C. The summed E-state index contributed by atoms with van der Waals surface area (Å²) in [4.78, 5) is 2.84. The van der Waals surface area contributed by atoms with Gasteiger partial charge >= 0.3 is 0 Å². The first-order chi connectivity index (χ1) is 8.89. The Hall–Kier alpha value is -0.0800. The van der Waals surface area contributed by atoms with Crippen LogP contribution in [0.1, 0.15) is 66.7 Å². The van der Waals surface area contributed by atoms with Gasteiger partial charge in [0.15, 0.2) is 0 Å². The highest BCUT2D eigenvalue weighted by Crippen LogP contribution is 2.31. The van der Waals surface area contributed by atoms with Crippen molar-refractivity contribution in [3.05, 3.63) is 0 Å². The van der Waals surface area contributed by atoms with Crippen LogP contribution in [-0.2, 0) is 0 Å². The van der Waals surface area contributed by atoms with E-state index in [-0.39, 0.29) is 0 Å². The second-order valence-corrected chi connectivity index (χ2v) is 8.06. The Bertz CT molecular complexity index is 281. The van der Waals surface area contributed by atoms with Crippen LogP contribution in [0.3, 0.4) is 0 Å². The highest BCUT2D eigenvalue weighted by molar-refractivity contribution is 4.94. The average molecular weight is 266 g/mol. The topological polar surface area (TPSA) is 15.3 Å². The van der Waals surface area contributed by atoms with Gasteiger partial charge in [0.2, 0.25) is 0 Å². The molecule has 1 aliphatic heterocycles. The molecular weight excluding hydrogens is 232 g/mol. The van der Waals surface area contributed by atoms with E-state index in [4.69, 9.17) is 0 Å². The summed E-state index contributed by atoms with van der Waals surface area (Å²) in [5.41, 5.74) is 0.367. The molecule has 2 nitrogen and oxygen atoms in total. The Labute approximate surface area is 120 Å². The fourth-order valence-electron chi connectivity index (χ4n) is 3.89. The second-order valence-electron chi connectivity index (χ2n) is 8.06. The fourth-order valence-corrected chi connectivity index (χ4v) is 3.89. The summed E-state index contributed by atoms with van der Waals surface area (Å²) in [6.45, 7) is 14.4. The minimum Gasteiger partial charge on any atom is -0.311 e. The van der Waals surface area contributed by atoms with Crippen molar-refractivity contribution >= 4 is 0 Å². The van der Waals surface area contributed by atoms with E-state index in [0.29, 0.717) is 17.5 Å². The van der Waals surface area contributed by atoms with Crippen molar-refractivity contribution < 1.29 is 0 Å². The summed E-state index contributed by atoms with van der Waals surface area (Å²) in [5.74, 6) is 0.878. The molecule has 2 rings (SSSR count). The number of hydrogen-bond donors (Lipinski definition) is 1. The summed E-state index contributed by atoms with van der Waals surface area (Å²) in [7, 11) is 0. The molecule has 1 heterocycles. The third-order valence-electron chi connectivity index (χ3n) is 5.41. The van der Waals surface area contributed by atoms with E-state index in [1.165, 1.54) is 38.6 Å². The maximum atomic E-state index is 3.77. The minimum atomic E-state index is 0.367. The normalized spacial score (nSPS) is 39.0. The van der Waals surface area contributed by atoms with E-state index >= 15 is 0 Å². The third kappa shape index (κ3) is 3.72. The molecule has 0 bridgehead atoms. The monoisotopic (exact) mass is 266 g/mol. The highest BCUT2D eigenvalue weighted by Gasteiger charge is 2.37. The van der Waals surface area contributed by atoms with Gasteiger partial charge in [0.1, 0.15) is 0 Å². The Morgan fingerprint density at radius 3 is 2.37 bits per heavy atom. The molecule has 1 saturated heterocycles. The Balaban J connectivity index is 2.07. The zero-order valence-electron chi connectivity index (χ0n) is 13.7. The first-order valence-electron chi connectivity index (χ1n) is 8.38. The number of nitrogens with one attached hydrogen (secondary N) is 1. The van der Waals surface area contributed by atoms with Crippen LogP contribution in [0.4, 0.5) is 0 Å². The molecule has 2 heteroatoms. The molecule has 0 amide bonds. The predicted molar refractivity (Wildman–Crippen MR) is 83.5 cm³/mol. The molecule has 0 radical (unpaired) electrons. The summed E-state index contributed by atoms with van der Waals surface area (Å²) < 4.78 is 0. The van der Waals surface area contributed by atoms with Gasteiger partial charge in [-0.3, -0.25) is 4.90 Å². The van der Waals surface area contributed by atoms with E-state index < -0.39 is 0 Å². The Kier molecular flexibility index (Phi) is 4.94. The molecule has 112 valence electrons.